The highest BCUT2D eigenvalue weighted by Crippen LogP contribution is 2.45. The summed E-state index contributed by atoms with van der Waals surface area (Å²) in [5.41, 5.74) is 0. The monoisotopic (exact) mass is 1540 g/mol. The summed E-state index contributed by atoms with van der Waals surface area (Å²) in [5, 5.41) is 10.7. The van der Waals surface area contributed by atoms with Crippen LogP contribution in [0.5, 0.6) is 0 Å². The van der Waals surface area contributed by atoms with Crippen molar-refractivity contribution in [3.8, 4) is 0 Å². The van der Waals surface area contributed by atoms with Crippen molar-refractivity contribution in [3.63, 3.8) is 0 Å². The highest BCUT2D eigenvalue weighted by molar-refractivity contribution is 7.47. The van der Waals surface area contributed by atoms with Crippen molar-refractivity contribution in [2.75, 3.05) is 39.6 Å². The van der Waals surface area contributed by atoms with Crippen molar-refractivity contribution in [2.24, 2.45) is 5.92 Å². The Morgan fingerprint density at radius 3 is 0.648 bits per heavy atom. The van der Waals surface area contributed by atoms with Gasteiger partial charge < -0.3 is 33.8 Å². The van der Waals surface area contributed by atoms with Gasteiger partial charge in [0.05, 0.1) is 26.4 Å². The lowest BCUT2D eigenvalue weighted by molar-refractivity contribution is -0.161. The molecule has 0 aliphatic rings. The molecular formula is C86H168O17P2. The van der Waals surface area contributed by atoms with Crippen LogP contribution >= 0.6 is 15.6 Å². The average Bonchev–Trinajstić information content (AvgIpc) is 0.973. The van der Waals surface area contributed by atoms with Gasteiger partial charge in [-0.15, -0.1) is 0 Å². The molecule has 0 aliphatic carbocycles. The van der Waals surface area contributed by atoms with E-state index in [4.69, 9.17) is 37.0 Å². The number of carbonyl (C=O) groups excluding carboxylic acids is 4. The number of esters is 4. The molecule has 0 heterocycles. The van der Waals surface area contributed by atoms with Gasteiger partial charge in [-0.3, -0.25) is 37.3 Å². The molecule has 0 aromatic rings. The van der Waals surface area contributed by atoms with Gasteiger partial charge in [-0.2, -0.15) is 0 Å². The van der Waals surface area contributed by atoms with E-state index in [2.05, 4.69) is 34.6 Å². The van der Waals surface area contributed by atoms with E-state index in [1.807, 2.05) is 0 Å². The van der Waals surface area contributed by atoms with Gasteiger partial charge in [-0.25, -0.2) is 9.13 Å². The molecule has 17 nitrogen and oxygen atoms in total. The molecule has 0 saturated carbocycles. The van der Waals surface area contributed by atoms with Crippen molar-refractivity contribution < 1.29 is 80.2 Å². The summed E-state index contributed by atoms with van der Waals surface area (Å²) in [6.45, 7) is 7.39. The predicted molar refractivity (Wildman–Crippen MR) is 432 cm³/mol. The Balaban J connectivity index is 5.22. The van der Waals surface area contributed by atoms with Gasteiger partial charge in [0, 0.05) is 25.7 Å². The molecule has 0 aromatic carbocycles. The van der Waals surface area contributed by atoms with Gasteiger partial charge in [-0.05, 0) is 31.6 Å². The summed E-state index contributed by atoms with van der Waals surface area (Å²) in [4.78, 5) is 73.2. The van der Waals surface area contributed by atoms with Crippen LogP contribution in [-0.2, 0) is 65.4 Å². The minimum Gasteiger partial charge on any atom is -0.462 e. The van der Waals surface area contributed by atoms with E-state index in [1.165, 1.54) is 289 Å². The van der Waals surface area contributed by atoms with Gasteiger partial charge in [0.15, 0.2) is 12.2 Å². The number of hydrogen-bond acceptors (Lipinski definition) is 15. The number of carbonyl (C=O) groups is 4. The number of hydrogen-bond donors (Lipinski definition) is 3. The molecule has 0 amide bonds. The predicted octanol–water partition coefficient (Wildman–Crippen LogP) is 26.4. The number of ether oxygens (including phenoxy) is 4. The standard InChI is InChI=1S/C86H168O17P2/c1-6-9-12-15-18-21-24-26-28-30-32-37-41-45-50-55-60-65-70-84(89)97-76-82(103-86(91)72-67-62-57-52-47-43-39-35-34-36-40-44-48-53-58-63-68-79(4)5)78-101-105(94,95)99-74-80(87)73-98-104(92,93)100-77-81(75-96-83(88)69-64-59-54-49-23-20-17-14-11-8-3)102-85(90)71-66-61-56-51-46-42-38-33-31-29-27-25-22-19-16-13-10-7-2/h79-82,87H,6-78H2,1-5H3,(H,92,93)(H,94,95)/t80-,81+,82+/m0/s1. The van der Waals surface area contributed by atoms with Gasteiger partial charge in [0.25, 0.3) is 0 Å². The second kappa shape index (κ2) is 78.7. The van der Waals surface area contributed by atoms with Gasteiger partial charge in [0.2, 0.25) is 0 Å². The van der Waals surface area contributed by atoms with Crippen LogP contribution in [0.1, 0.15) is 465 Å². The Kier molecular flexibility index (Phi) is 77.3. The van der Waals surface area contributed by atoms with Crippen molar-refractivity contribution >= 4 is 39.5 Å². The summed E-state index contributed by atoms with van der Waals surface area (Å²) in [6, 6.07) is 0. The van der Waals surface area contributed by atoms with Gasteiger partial charge in [-0.1, -0.05) is 413 Å². The van der Waals surface area contributed by atoms with Crippen LogP contribution in [0, 0.1) is 5.92 Å². The topological polar surface area (TPSA) is 237 Å². The van der Waals surface area contributed by atoms with Crippen LogP contribution in [0.15, 0.2) is 0 Å². The maximum Gasteiger partial charge on any atom is 0.472 e. The number of unbranched alkanes of at least 4 members (excludes halogenated alkanes) is 58. The first-order valence-electron chi connectivity index (χ1n) is 44.6. The fourth-order valence-electron chi connectivity index (χ4n) is 13.5. The van der Waals surface area contributed by atoms with E-state index in [-0.39, 0.29) is 25.7 Å². The fraction of sp³-hybridized carbons (Fsp3) is 0.953. The molecule has 2 unspecified atom stereocenters. The van der Waals surface area contributed by atoms with Crippen LogP contribution in [0.4, 0.5) is 0 Å². The number of aliphatic hydroxyl groups excluding tert-OH is 1. The molecule has 3 N–H and O–H groups in total. The quantitative estimate of drug-likeness (QED) is 0.0222. The molecule has 0 saturated heterocycles. The molecule has 0 rings (SSSR count). The van der Waals surface area contributed by atoms with Crippen LogP contribution in [0.25, 0.3) is 0 Å². The first kappa shape index (κ1) is 103. The molecule has 624 valence electrons. The summed E-state index contributed by atoms with van der Waals surface area (Å²) in [5.74, 6) is -1.29. The molecule has 0 fully saturated rings. The molecule has 0 bridgehead atoms. The molecule has 0 spiro atoms. The summed E-state index contributed by atoms with van der Waals surface area (Å²) in [7, 11) is -9.93. The van der Waals surface area contributed by atoms with Crippen molar-refractivity contribution in [3.05, 3.63) is 0 Å². The number of phosphoric acid groups is 2. The van der Waals surface area contributed by atoms with Crippen LogP contribution in [0.2, 0.25) is 0 Å². The Morgan fingerprint density at radius 2 is 0.438 bits per heavy atom. The number of phosphoric ester groups is 2. The zero-order valence-corrected chi connectivity index (χ0v) is 70.7. The molecule has 0 radical (unpaired) electrons. The molecule has 0 aromatic heterocycles. The van der Waals surface area contributed by atoms with Crippen molar-refractivity contribution in [1.29, 1.82) is 0 Å². The highest BCUT2D eigenvalue weighted by atomic mass is 31.2. The van der Waals surface area contributed by atoms with E-state index in [1.54, 1.807) is 0 Å². The minimum atomic E-state index is -4.96. The summed E-state index contributed by atoms with van der Waals surface area (Å²) in [6.07, 6.45) is 72.2. The van der Waals surface area contributed by atoms with E-state index in [0.29, 0.717) is 25.7 Å². The third kappa shape index (κ3) is 79.9. The molecule has 5 atom stereocenters. The van der Waals surface area contributed by atoms with Crippen molar-refractivity contribution in [1.82, 2.24) is 0 Å². The normalized spacial score (nSPS) is 13.8. The SMILES string of the molecule is CCCCCCCCCCCCCCCCCCCCC(=O)OC[C@H](COP(=O)(O)OC[C@@H](O)COP(=O)(O)OC[C@@H](COC(=O)CCCCCCCCCCCC)OC(=O)CCCCCCCCCCCCCCCCCCCC)OC(=O)CCCCCCCCCCCCCCCCCCC(C)C. The van der Waals surface area contributed by atoms with E-state index in [9.17, 15) is 43.2 Å². The Labute approximate surface area is 645 Å². The van der Waals surface area contributed by atoms with E-state index < -0.39 is 97.5 Å². The maximum atomic E-state index is 13.1. The van der Waals surface area contributed by atoms with Crippen LogP contribution < -0.4 is 0 Å². The molecule has 0 aliphatic heterocycles. The minimum absolute atomic E-state index is 0.109. The number of rotatable bonds is 86. The van der Waals surface area contributed by atoms with E-state index in [0.717, 1.165) is 95.8 Å². The van der Waals surface area contributed by atoms with Crippen molar-refractivity contribution in [2.45, 2.75) is 483 Å². The average molecular weight is 1540 g/mol. The smallest absolute Gasteiger partial charge is 0.462 e. The fourth-order valence-corrected chi connectivity index (χ4v) is 15.1. The zero-order valence-electron chi connectivity index (χ0n) is 68.9. The molecule has 19 heteroatoms. The van der Waals surface area contributed by atoms with Gasteiger partial charge >= 0.3 is 39.5 Å². The third-order valence-electron chi connectivity index (χ3n) is 20.3. The maximum absolute atomic E-state index is 13.1. The highest BCUT2D eigenvalue weighted by Gasteiger charge is 2.30. The first-order chi connectivity index (χ1) is 51.0. The Bertz CT molecular complexity index is 2000. The summed E-state index contributed by atoms with van der Waals surface area (Å²) >= 11 is 0. The molecule has 105 heavy (non-hydrogen) atoms. The largest absolute Gasteiger partial charge is 0.472 e. The lowest BCUT2D eigenvalue weighted by atomic mass is 10.0. The van der Waals surface area contributed by atoms with Gasteiger partial charge in [0.1, 0.15) is 19.3 Å². The Morgan fingerprint density at radius 1 is 0.257 bits per heavy atom. The first-order valence-corrected chi connectivity index (χ1v) is 47.6. The zero-order chi connectivity index (χ0) is 76.9. The van der Waals surface area contributed by atoms with Crippen LogP contribution in [-0.4, -0.2) is 96.7 Å². The Hall–Kier alpha value is -1.94. The second-order valence-corrected chi connectivity index (χ2v) is 34.3. The summed E-state index contributed by atoms with van der Waals surface area (Å²) < 4.78 is 68.9. The van der Waals surface area contributed by atoms with E-state index >= 15 is 0 Å². The molecular weight excluding hydrogens is 1370 g/mol. The second-order valence-electron chi connectivity index (χ2n) is 31.4. The number of aliphatic hydroxyl groups is 1. The third-order valence-corrected chi connectivity index (χ3v) is 22.2. The lowest BCUT2D eigenvalue weighted by Gasteiger charge is -2.21. The lowest BCUT2D eigenvalue weighted by Crippen LogP contribution is -2.30. The van der Waals surface area contributed by atoms with Crippen LogP contribution in [0.3, 0.4) is 0 Å².